The zero-order chi connectivity index (χ0) is 17.7. The zero-order valence-corrected chi connectivity index (χ0v) is 16.1. The van der Waals surface area contributed by atoms with Gasteiger partial charge < -0.3 is 15.4 Å². The Morgan fingerprint density at radius 2 is 2.04 bits per heavy atom. The Labute approximate surface area is 155 Å². The number of nitrogens with two attached hydrogens (primary N) is 1. The molecule has 2 rings (SSSR count). The van der Waals surface area contributed by atoms with Gasteiger partial charge in [-0.05, 0) is 44.0 Å². The number of sulfonamides is 1. The summed E-state index contributed by atoms with van der Waals surface area (Å²) in [5.41, 5.74) is 5.99. The monoisotopic (exact) mass is 391 g/mol. The van der Waals surface area contributed by atoms with Crippen LogP contribution < -0.4 is 10.5 Å². The number of hydrogen-bond acceptors (Lipinski definition) is 5. The molecule has 1 aliphatic heterocycles. The van der Waals surface area contributed by atoms with Crippen LogP contribution in [0.1, 0.15) is 30.1 Å². The van der Waals surface area contributed by atoms with Crippen LogP contribution in [0.5, 0.6) is 0 Å². The maximum atomic E-state index is 12.3. The van der Waals surface area contributed by atoms with Gasteiger partial charge in [-0.1, -0.05) is 0 Å². The van der Waals surface area contributed by atoms with Crippen LogP contribution in [-0.4, -0.2) is 58.1 Å². The summed E-state index contributed by atoms with van der Waals surface area (Å²) in [4.78, 5) is 14.0. The zero-order valence-electron chi connectivity index (χ0n) is 14.5. The lowest BCUT2D eigenvalue weighted by Gasteiger charge is -2.23. The quantitative estimate of drug-likeness (QED) is 0.721. The fourth-order valence-electron chi connectivity index (χ4n) is 2.43. The minimum atomic E-state index is -3.61. The van der Waals surface area contributed by atoms with Crippen molar-refractivity contribution in [1.29, 1.82) is 0 Å². The summed E-state index contributed by atoms with van der Waals surface area (Å²) in [6.07, 6.45) is 1.76. The van der Waals surface area contributed by atoms with E-state index >= 15 is 0 Å². The number of nitrogens with zero attached hydrogens (tertiary/aromatic N) is 1. The summed E-state index contributed by atoms with van der Waals surface area (Å²) < 4.78 is 32.5. The average Bonchev–Trinajstić information content (AvgIpc) is 3.12. The maximum absolute atomic E-state index is 12.3. The Morgan fingerprint density at radius 3 is 2.56 bits per heavy atom. The smallest absolute Gasteiger partial charge is 0.253 e. The number of carbonyl (C=O) groups excluding carboxylic acids is 1. The van der Waals surface area contributed by atoms with Gasteiger partial charge in [-0.15, -0.1) is 12.4 Å². The predicted octanol–water partition coefficient (Wildman–Crippen LogP) is 0.985. The number of carbonyl (C=O) groups is 1. The van der Waals surface area contributed by atoms with Crippen LogP contribution in [-0.2, 0) is 14.8 Å². The summed E-state index contributed by atoms with van der Waals surface area (Å²) in [7, 11) is -1.93. The van der Waals surface area contributed by atoms with Crippen molar-refractivity contribution in [3.63, 3.8) is 0 Å². The van der Waals surface area contributed by atoms with E-state index in [4.69, 9.17) is 10.5 Å². The van der Waals surface area contributed by atoms with Crippen LogP contribution >= 0.6 is 12.4 Å². The maximum Gasteiger partial charge on any atom is 0.253 e. The molecule has 0 saturated carbocycles. The van der Waals surface area contributed by atoms with E-state index in [1.807, 2.05) is 6.92 Å². The summed E-state index contributed by atoms with van der Waals surface area (Å²) in [6, 6.07) is 5.82. The molecular formula is C16H26ClN3O4S. The van der Waals surface area contributed by atoms with Crippen LogP contribution in [0, 0.1) is 0 Å². The topological polar surface area (TPSA) is 102 Å². The van der Waals surface area contributed by atoms with E-state index in [1.165, 1.54) is 24.3 Å². The highest BCUT2D eigenvalue weighted by molar-refractivity contribution is 7.89. The van der Waals surface area contributed by atoms with Crippen molar-refractivity contribution < 1.29 is 17.9 Å². The van der Waals surface area contributed by atoms with E-state index in [1.54, 1.807) is 11.9 Å². The first-order valence-electron chi connectivity index (χ1n) is 8.03. The third-order valence-electron chi connectivity index (χ3n) is 4.26. The molecule has 2 unspecified atom stereocenters. The minimum Gasteiger partial charge on any atom is -0.377 e. The fraction of sp³-hybridized carbons (Fsp3) is 0.562. The molecule has 0 aromatic heterocycles. The van der Waals surface area contributed by atoms with Gasteiger partial charge in [-0.25, -0.2) is 13.1 Å². The number of ether oxygens (including phenoxy) is 1. The number of rotatable bonds is 7. The molecule has 0 radical (unpaired) electrons. The molecule has 2 atom stereocenters. The highest BCUT2D eigenvalue weighted by atomic mass is 35.5. The number of nitrogens with one attached hydrogen (secondary N) is 1. The summed E-state index contributed by atoms with van der Waals surface area (Å²) in [5.74, 6) is -0.191. The Bertz CT molecular complexity index is 660. The van der Waals surface area contributed by atoms with Crippen LogP contribution in [0.4, 0.5) is 0 Å². The van der Waals surface area contributed by atoms with Crippen LogP contribution in [0.3, 0.4) is 0 Å². The van der Waals surface area contributed by atoms with Gasteiger partial charge >= 0.3 is 0 Å². The third kappa shape index (κ3) is 5.65. The third-order valence-corrected chi connectivity index (χ3v) is 5.70. The van der Waals surface area contributed by atoms with Crippen molar-refractivity contribution in [2.75, 3.05) is 26.7 Å². The van der Waals surface area contributed by atoms with E-state index < -0.39 is 10.0 Å². The summed E-state index contributed by atoms with van der Waals surface area (Å²) in [6.45, 7) is 3.16. The van der Waals surface area contributed by atoms with E-state index in [9.17, 15) is 13.2 Å². The van der Waals surface area contributed by atoms with Gasteiger partial charge in [0.2, 0.25) is 10.0 Å². The molecule has 1 fully saturated rings. The molecular weight excluding hydrogens is 366 g/mol. The van der Waals surface area contributed by atoms with E-state index in [-0.39, 0.29) is 41.9 Å². The predicted molar refractivity (Wildman–Crippen MR) is 98.5 cm³/mol. The molecule has 1 heterocycles. The molecule has 1 aromatic rings. The van der Waals surface area contributed by atoms with Crippen molar-refractivity contribution >= 4 is 28.3 Å². The van der Waals surface area contributed by atoms with Gasteiger partial charge in [0, 0.05) is 38.3 Å². The van der Waals surface area contributed by atoms with Crippen LogP contribution in [0.15, 0.2) is 29.2 Å². The minimum absolute atomic E-state index is 0. The van der Waals surface area contributed by atoms with Crippen LogP contribution in [0.25, 0.3) is 0 Å². The molecule has 142 valence electrons. The van der Waals surface area contributed by atoms with E-state index in [0.717, 1.165) is 12.8 Å². The molecule has 1 amide bonds. The van der Waals surface area contributed by atoms with E-state index in [0.29, 0.717) is 18.7 Å². The first kappa shape index (κ1) is 21.9. The van der Waals surface area contributed by atoms with Gasteiger partial charge in [0.25, 0.3) is 5.91 Å². The SMILES string of the molecule is CC(CN)N(C)C(=O)c1ccc(S(=O)(=O)NCC2CCCO2)cc1.Cl. The molecule has 0 aliphatic carbocycles. The summed E-state index contributed by atoms with van der Waals surface area (Å²) >= 11 is 0. The Hall–Kier alpha value is -1.19. The Morgan fingerprint density at radius 1 is 1.40 bits per heavy atom. The Kier molecular flexibility index (Phi) is 8.30. The number of hydrogen-bond donors (Lipinski definition) is 2. The number of amides is 1. The second-order valence-corrected chi connectivity index (χ2v) is 7.78. The van der Waals surface area contributed by atoms with Crippen molar-refractivity contribution in [2.45, 2.75) is 36.8 Å². The van der Waals surface area contributed by atoms with Gasteiger partial charge in [0.05, 0.1) is 11.0 Å². The number of likely N-dealkylation sites (N-methyl/N-ethyl adjacent to an activating group) is 1. The molecule has 3 N–H and O–H groups in total. The molecule has 1 aromatic carbocycles. The molecule has 9 heteroatoms. The van der Waals surface area contributed by atoms with Crippen LogP contribution in [0.2, 0.25) is 0 Å². The highest BCUT2D eigenvalue weighted by Crippen LogP contribution is 2.15. The first-order valence-corrected chi connectivity index (χ1v) is 9.52. The lowest BCUT2D eigenvalue weighted by molar-refractivity contribution is 0.0748. The standard InChI is InChI=1S/C16H25N3O4S.ClH/c1-12(10-17)19(2)16(20)13-5-7-15(8-6-13)24(21,22)18-11-14-4-3-9-23-14;/h5-8,12,14,18H,3-4,9-11,17H2,1-2H3;1H. The van der Waals surface area contributed by atoms with Gasteiger partial charge in [0.15, 0.2) is 0 Å². The van der Waals surface area contributed by atoms with Gasteiger partial charge in [-0.3, -0.25) is 4.79 Å². The number of benzene rings is 1. The first-order chi connectivity index (χ1) is 11.3. The lowest BCUT2D eigenvalue weighted by Crippen LogP contribution is -2.39. The van der Waals surface area contributed by atoms with Gasteiger partial charge in [-0.2, -0.15) is 0 Å². The van der Waals surface area contributed by atoms with Gasteiger partial charge in [0.1, 0.15) is 0 Å². The molecule has 7 nitrogen and oxygen atoms in total. The highest BCUT2D eigenvalue weighted by Gasteiger charge is 2.21. The largest absolute Gasteiger partial charge is 0.377 e. The van der Waals surface area contributed by atoms with Crippen molar-refractivity contribution in [1.82, 2.24) is 9.62 Å². The van der Waals surface area contributed by atoms with Crippen molar-refractivity contribution in [3.8, 4) is 0 Å². The lowest BCUT2D eigenvalue weighted by atomic mass is 10.2. The summed E-state index contributed by atoms with van der Waals surface area (Å²) in [5, 5.41) is 0. The molecule has 1 saturated heterocycles. The Balaban J connectivity index is 0.00000312. The molecule has 1 aliphatic rings. The normalized spacial score (nSPS) is 18.4. The second-order valence-electron chi connectivity index (χ2n) is 6.01. The van der Waals surface area contributed by atoms with E-state index in [2.05, 4.69) is 4.72 Å². The second kappa shape index (κ2) is 9.49. The average molecular weight is 392 g/mol. The molecule has 25 heavy (non-hydrogen) atoms. The number of halogens is 1. The molecule has 0 bridgehead atoms. The van der Waals surface area contributed by atoms with Crippen molar-refractivity contribution in [2.24, 2.45) is 5.73 Å². The molecule has 0 spiro atoms. The fourth-order valence-corrected chi connectivity index (χ4v) is 3.50. The van der Waals surface area contributed by atoms with Crippen molar-refractivity contribution in [3.05, 3.63) is 29.8 Å².